The number of aliphatic hydroxyl groups excluding tert-OH is 3. The van der Waals surface area contributed by atoms with Crippen molar-refractivity contribution in [3.8, 4) is 23.0 Å². The minimum atomic E-state index is -1.94. The molecule has 0 aromatic heterocycles. The first kappa shape index (κ1) is 28.1. The number of carboxylic acid groups (broad SMARTS) is 1. The number of aromatic hydroxyl groups is 1. The van der Waals surface area contributed by atoms with Crippen molar-refractivity contribution in [2.75, 3.05) is 20.3 Å². The third-order valence-corrected chi connectivity index (χ3v) is 5.19. The highest BCUT2D eigenvalue weighted by Gasteiger charge is 2.35. The molecule has 4 unspecified atom stereocenters. The van der Waals surface area contributed by atoms with Gasteiger partial charge in [-0.2, -0.15) is 0 Å². The van der Waals surface area contributed by atoms with Crippen LogP contribution in [0.4, 0.5) is 0 Å². The molecule has 1 aliphatic carbocycles. The Hall–Kier alpha value is -3.12. The Kier molecular flexibility index (Phi) is 10.5. The maximum absolute atomic E-state index is 12.6. The Morgan fingerprint density at radius 2 is 1.89 bits per heavy atom. The number of rotatable bonds is 14. The summed E-state index contributed by atoms with van der Waals surface area (Å²) >= 11 is 0. The summed E-state index contributed by atoms with van der Waals surface area (Å²) in [7, 11) is 1.28. The van der Waals surface area contributed by atoms with E-state index >= 15 is 0 Å². The highest BCUT2D eigenvalue weighted by atomic mass is 16.7. The first-order chi connectivity index (χ1) is 16.6. The molecule has 11 nitrogen and oxygen atoms in total. The third kappa shape index (κ3) is 7.18. The van der Waals surface area contributed by atoms with E-state index in [0.717, 1.165) is 24.5 Å². The standard InChI is InChI=1S/C24H32O11/c1-4-15(27)19-16(28)10-17(21(32-3)22(19)33-12-14-8-6-5-7-9-14)34-18(11-25)35-23(24(30)31)20(29)13(2)26/h6,8-10,13,18,20,23,25-26,28-29H,4-5,7,11-12H2,1-3H3,(H,30,31). The normalized spacial score (nSPS) is 16.6. The SMILES string of the molecule is CCC(=O)c1c(O)cc(OC(CO)OC(C(=O)O)C(O)C(C)O)c(OC)c1OCC1=CCCC=C1. The number of allylic oxidation sites excluding steroid dienone is 2. The zero-order chi connectivity index (χ0) is 26.1. The quantitative estimate of drug-likeness (QED) is 0.187. The number of ketones is 1. The van der Waals surface area contributed by atoms with E-state index in [2.05, 4.69) is 0 Å². The number of aliphatic hydroxyl groups is 3. The monoisotopic (exact) mass is 496 g/mol. The highest BCUT2D eigenvalue weighted by molar-refractivity contribution is 6.02. The maximum Gasteiger partial charge on any atom is 0.335 e. The van der Waals surface area contributed by atoms with E-state index in [1.807, 2.05) is 18.2 Å². The van der Waals surface area contributed by atoms with Crippen molar-refractivity contribution in [3.05, 3.63) is 35.4 Å². The molecule has 0 spiro atoms. The zero-order valence-corrected chi connectivity index (χ0v) is 19.8. The number of benzene rings is 1. The number of Topliss-reactive ketones (excluding diaryl/α,β-unsaturated/α-hetero) is 1. The summed E-state index contributed by atoms with van der Waals surface area (Å²) in [5.74, 6) is -2.90. The number of hydrogen-bond acceptors (Lipinski definition) is 10. The van der Waals surface area contributed by atoms with Crippen LogP contribution in [0.15, 0.2) is 29.9 Å². The van der Waals surface area contributed by atoms with Gasteiger partial charge < -0.3 is 44.5 Å². The fourth-order valence-corrected chi connectivity index (χ4v) is 3.35. The summed E-state index contributed by atoms with van der Waals surface area (Å²) in [6.07, 6.45) is 0.786. The molecule has 0 saturated carbocycles. The number of carboxylic acids is 1. The number of phenols is 1. The predicted molar refractivity (Wildman–Crippen MR) is 123 cm³/mol. The Bertz CT molecular complexity index is 951. The van der Waals surface area contributed by atoms with Crippen molar-refractivity contribution < 1.29 is 54.1 Å². The molecule has 0 saturated heterocycles. The molecule has 0 bridgehead atoms. The molecular weight excluding hydrogens is 464 g/mol. The lowest BCUT2D eigenvalue weighted by Gasteiger charge is -2.27. The fraction of sp³-hybridized carbons (Fsp3) is 0.500. The van der Waals surface area contributed by atoms with Crippen molar-refractivity contribution in [2.24, 2.45) is 0 Å². The van der Waals surface area contributed by atoms with Crippen LogP contribution < -0.4 is 14.2 Å². The third-order valence-electron chi connectivity index (χ3n) is 5.19. The molecule has 0 amide bonds. The largest absolute Gasteiger partial charge is 0.507 e. The molecule has 1 aromatic carbocycles. The molecule has 1 aromatic rings. The Morgan fingerprint density at radius 3 is 2.40 bits per heavy atom. The van der Waals surface area contributed by atoms with Crippen LogP contribution in [0.5, 0.6) is 23.0 Å². The van der Waals surface area contributed by atoms with Crippen LogP contribution >= 0.6 is 0 Å². The molecule has 0 aliphatic heterocycles. The van der Waals surface area contributed by atoms with Crippen molar-refractivity contribution in [1.82, 2.24) is 0 Å². The molecule has 2 rings (SSSR count). The number of hydrogen-bond donors (Lipinski definition) is 5. The van der Waals surface area contributed by atoms with E-state index < -0.39 is 48.7 Å². The van der Waals surface area contributed by atoms with Gasteiger partial charge >= 0.3 is 5.97 Å². The minimum absolute atomic E-state index is 0.0653. The van der Waals surface area contributed by atoms with E-state index in [1.54, 1.807) is 6.92 Å². The van der Waals surface area contributed by atoms with Crippen molar-refractivity contribution >= 4 is 11.8 Å². The number of carbonyl (C=O) groups excluding carboxylic acids is 1. The first-order valence-electron chi connectivity index (χ1n) is 11.1. The highest BCUT2D eigenvalue weighted by Crippen LogP contribution is 2.46. The second kappa shape index (κ2) is 13.1. The molecule has 194 valence electrons. The van der Waals surface area contributed by atoms with Gasteiger partial charge in [0.05, 0.1) is 13.2 Å². The van der Waals surface area contributed by atoms with Crippen LogP contribution in [-0.2, 0) is 9.53 Å². The summed E-state index contributed by atoms with van der Waals surface area (Å²) in [5, 5.41) is 49.1. The van der Waals surface area contributed by atoms with Gasteiger partial charge in [-0.25, -0.2) is 4.79 Å². The average Bonchev–Trinajstić information content (AvgIpc) is 2.84. The summed E-state index contributed by atoms with van der Waals surface area (Å²) in [6.45, 7) is 2.00. The van der Waals surface area contributed by atoms with Crippen LogP contribution in [0.25, 0.3) is 0 Å². The van der Waals surface area contributed by atoms with Crippen molar-refractivity contribution in [1.29, 1.82) is 0 Å². The molecule has 5 N–H and O–H groups in total. The lowest BCUT2D eigenvalue weighted by atomic mass is 10.0. The van der Waals surface area contributed by atoms with Gasteiger partial charge in [-0.15, -0.1) is 0 Å². The van der Waals surface area contributed by atoms with E-state index in [0.29, 0.717) is 0 Å². The molecule has 4 atom stereocenters. The van der Waals surface area contributed by atoms with Gasteiger partial charge in [0.2, 0.25) is 12.0 Å². The summed E-state index contributed by atoms with van der Waals surface area (Å²) in [5.41, 5.74) is 0.735. The number of aliphatic carboxylic acids is 1. The zero-order valence-electron chi connectivity index (χ0n) is 19.8. The molecule has 0 radical (unpaired) electrons. The van der Waals surface area contributed by atoms with Crippen molar-refractivity contribution in [3.63, 3.8) is 0 Å². The average molecular weight is 497 g/mol. The molecule has 11 heteroatoms. The molecule has 1 aliphatic rings. The molecule has 0 fully saturated rings. The summed E-state index contributed by atoms with van der Waals surface area (Å²) in [6, 6.07) is 1.06. The van der Waals surface area contributed by atoms with Gasteiger partial charge in [0.1, 0.15) is 30.6 Å². The molecule has 0 heterocycles. The van der Waals surface area contributed by atoms with Crippen LogP contribution in [-0.4, -0.2) is 82.2 Å². The molecule has 35 heavy (non-hydrogen) atoms. The maximum atomic E-state index is 12.6. The lowest BCUT2D eigenvalue weighted by Crippen LogP contribution is -2.46. The van der Waals surface area contributed by atoms with Crippen LogP contribution in [0.2, 0.25) is 0 Å². The second-order valence-corrected chi connectivity index (χ2v) is 7.81. The van der Waals surface area contributed by atoms with Gasteiger partial charge in [0, 0.05) is 12.5 Å². The van der Waals surface area contributed by atoms with Crippen LogP contribution in [0.1, 0.15) is 43.5 Å². The number of phenolic OH excluding ortho intramolecular Hbond substituents is 1. The lowest BCUT2D eigenvalue weighted by molar-refractivity contribution is -0.199. The predicted octanol–water partition coefficient (Wildman–Crippen LogP) is 1.56. The fourth-order valence-electron chi connectivity index (χ4n) is 3.35. The topological polar surface area (TPSA) is 172 Å². The van der Waals surface area contributed by atoms with Gasteiger partial charge in [-0.05, 0) is 25.3 Å². The summed E-state index contributed by atoms with van der Waals surface area (Å²) < 4.78 is 22.0. The number of methoxy groups -OCH3 is 1. The van der Waals surface area contributed by atoms with Crippen LogP contribution in [0, 0.1) is 0 Å². The first-order valence-corrected chi connectivity index (χ1v) is 11.1. The minimum Gasteiger partial charge on any atom is -0.507 e. The van der Waals surface area contributed by atoms with Gasteiger partial charge in [-0.1, -0.05) is 25.2 Å². The molecular formula is C24H32O11. The smallest absolute Gasteiger partial charge is 0.335 e. The van der Waals surface area contributed by atoms with Crippen molar-refractivity contribution in [2.45, 2.75) is 57.7 Å². The Labute approximate surface area is 202 Å². The number of ether oxygens (including phenoxy) is 4. The second-order valence-electron chi connectivity index (χ2n) is 7.81. The van der Waals surface area contributed by atoms with Gasteiger partial charge in [0.15, 0.2) is 23.4 Å². The van der Waals surface area contributed by atoms with E-state index in [9.17, 15) is 35.1 Å². The van der Waals surface area contributed by atoms with E-state index in [4.69, 9.17) is 18.9 Å². The van der Waals surface area contributed by atoms with E-state index in [-0.39, 0.29) is 35.8 Å². The Balaban J connectivity index is 2.43. The van der Waals surface area contributed by atoms with E-state index in [1.165, 1.54) is 14.0 Å². The van der Waals surface area contributed by atoms with Gasteiger partial charge in [-0.3, -0.25) is 4.79 Å². The number of carbonyl (C=O) groups is 2. The Morgan fingerprint density at radius 1 is 1.17 bits per heavy atom. The van der Waals surface area contributed by atoms with Gasteiger partial charge in [0.25, 0.3) is 0 Å². The summed E-state index contributed by atoms with van der Waals surface area (Å²) in [4.78, 5) is 24.1. The van der Waals surface area contributed by atoms with Crippen LogP contribution in [0.3, 0.4) is 0 Å².